The molecule has 4 aromatic carbocycles. The predicted octanol–water partition coefficient (Wildman–Crippen LogP) is 4.43. The van der Waals surface area contributed by atoms with Crippen molar-refractivity contribution in [1.29, 1.82) is 0 Å². The van der Waals surface area contributed by atoms with Gasteiger partial charge in [-0.2, -0.15) is 0 Å². The van der Waals surface area contributed by atoms with Crippen LogP contribution in [-0.4, -0.2) is 3.21 Å². The van der Waals surface area contributed by atoms with Gasteiger partial charge in [-0.3, -0.25) is 0 Å². The van der Waals surface area contributed by atoms with Crippen molar-refractivity contribution in [2.45, 2.75) is 65.2 Å². The van der Waals surface area contributed by atoms with Crippen LogP contribution >= 0.6 is 45.2 Å². The smallest absolute Gasteiger partial charge is 1.00 e. The SMILES string of the molecule is CC(C)(C)c1ccc2c(c1)-c1cc(C(C)(C)C)c[c]([Zr+2]([C]3=CC=CC3)=[C](c3ccccc3I)c3ccccc3I)c1C2.[Cl-].[Cl-]. The van der Waals surface area contributed by atoms with Gasteiger partial charge in [0.1, 0.15) is 0 Å². The molecule has 0 aromatic heterocycles. The first-order chi connectivity index (χ1) is 19.9. The Bertz CT molecular complexity index is 1770. The maximum Gasteiger partial charge on any atom is -1.00 e. The fourth-order valence-electron chi connectivity index (χ4n) is 6.24. The van der Waals surface area contributed by atoms with E-state index in [9.17, 15) is 0 Å². The molecule has 0 saturated carbocycles. The zero-order valence-corrected chi connectivity index (χ0v) is 34.4. The first-order valence-electron chi connectivity index (χ1n) is 14.8. The zero-order valence-electron chi connectivity index (χ0n) is 26.2. The molecule has 44 heavy (non-hydrogen) atoms. The second-order valence-electron chi connectivity index (χ2n) is 13.6. The number of fused-ring (bicyclic) bond motifs is 3. The van der Waals surface area contributed by atoms with E-state index in [-0.39, 0.29) is 35.6 Å². The Hall–Kier alpha value is -0.847. The summed E-state index contributed by atoms with van der Waals surface area (Å²) >= 11 is 2.41. The van der Waals surface area contributed by atoms with Gasteiger partial charge < -0.3 is 24.8 Å². The third kappa shape index (κ3) is 7.03. The quantitative estimate of drug-likeness (QED) is 0.235. The number of hydrogen-bond acceptors (Lipinski definition) is 0. The summed E-state index contributed by atoms with van der Waals surface area (Å²) in [6.45, 7) is 14.1. The molecule has 4 aromatic rings. The summed E-state index contributed by atoms with van der Waals surface area (Å²) in [5.74, 6) is 0. The van der Waals surface area contributed by atoms with Crippen LogP contribution in [0.4, 0.5) is 0 Å². The Balaban J connectivity index is 0.00000221. The maximum absolute atomic E-state index is 2.73. The molecule has 0 fully saturated rings. The third-order valence-electron chi connectivity index (χ3n) is 8.65. The molecule has 5 heteroatoms. The van der Waals surface area contributed by atoms with E-state index in [1.807, 2.05) is 0 Å². The van der Waals surface area contributed by atoms with Gasteiger partial charge in [-0.1, -0.05) is 0 Å². The van der Waals surface area contributed by atoms with E-state index >= 15 is 0 Å². The Morgan fingerprint density at radius 1 is 0.682 bits per heavy atom. The van der Waals surface area contributed by atoms with Crippen molar-refractivity contribution in [2.75, 3.05) is 0 Å². The van der Waals surface area contributed by atoms with E-state index in [1.165, 1.54) is 46.1 Å². The van der Waals surface area contributed by atoms with Crippen LogP contribution in [0.15, 0.2) is 100 Å². The molecule has 0 radical (unpaired) electrons. The molecule has 2 aliphatic carbocycles. The molecule has 2 aliphatic rings. The van der Waals surface area contributed by atoms with E-state index in [0.717, 1.165) is 12.8 Å². The second kappa shape index (κ2) is 14.1. The van der Waals surface area contributed by atoms with Crippen molar-refractivity contribution in [1.82, 2.24) is 0 Å². The van der Waals surface area contributed by atoms with Gasteiger partial charge in [0.15, 0.2) is 0 Å². The van der Waals surface area contributed by atoms with E-state index < -0.39 is 21.3 Å². The second-order valence-corrected chi connectivity index (χ2v) is 21.9. The van der Waals surface area contributed by atoms with E-state index in [2.05, 4.69) is 184 Å². The molecular weight excluding hydrogens is 884 g/mol. The Labute approximate surface area is 311 Å². The van der Waals surface area contributed by atoms with Gasteiger partial charge in [-0.15, -0.1) is 0 Å². The van der Waals surface area contributed by atoms with Crippen molar-refractivity contribution in [2.24, 2.45) is 0 Å². The summed E-state index contributed by atoms with van der Waals surface area (Å²) in [7, 11) is 0. The van der Waals surface area contributed by atoms with E-state index in [4.69, 9.17) is 0 Å². The number of rotatable bonds is 4. The first-order valence-corrected chi connectivity index (χ1v) is 20.7. The molecule has 0 bridgehead atoms. The summed E-state index contributed by atoms with van der Waals surface area (Å²) in [6, 6.07) is 30.6. The summed E-state index contributed by atoms with van der Waals surface area (Å²) in [5.41, 5.74) is 11.9. The van der Waals surface area contributed by atoms with Crippen molar-refractivity contribution in [3.63, 3.8) is 0 Å². The van der Waals surface area contributed by atoms with Crippen molar-refractivity contribution in [3.8, 4) is 11.1 Å². The molecule has 0 N–H and O–H groups in total. The average molecular weight is 923 g/mol. The van der Waals surface area contributed by atoms with Crippen LogP contribution in [0.3, 0.4) is 0 Å². The predicted molar refractivity (Wildman–Crippen MR) is 195 cm³/mol. The summed E-state index contributed by atoms with van der Waals surface area (Å²) < 4.78 is 7.64. The van der Waals surface area contributed by atoms with Crippen molar-refractivity contribution >= 4 is 51.7 Å². The van der Waals surface area contributed by atoms with Crippen molar-refractivity contribution < 1.29 is 46.1 Å². The largest absolute Gasteiger partial charge is 1.00 e. The van der Waals surface area contributed by atoms with Gasteiger partial charge in [0, 0.05) is 0 Å². The molecule has 0 atom stereocenters. The molecule has 0 saturated heterocycles. The number of benzene rings is 4. The van der Waals surface area contributed by atoms with Crippen LogP contribution in [0.5, 0.6) is 0 Å². The summed E-state index contributed by atoms with van der Waals surface area (Å²) in [4.78, 5) is 0. The summed E-state index contributed by atoms with van der Waals surface area (Å²) in [5, 5.41) is 0. The van der Waals surface area contributed by atoms with Gasteiger partial charge in [-0.05, 0) is 0 Å². The number of hydrogen-bond donors (Lipinski definition) is 0. The minimum atomic E-state index is -2.73. The van der Waals surface area contributed by atoms with Gasteiger partial charge in [-0.25, -0.2) is 0 Å². The Morgan fingerprint density at radius 3 is 1.77 bits per heavy atom. The van der Waals surface area contributed by atoms with Crippen LogP contribution in [0, 0.1) is 7.14 Å². The zero-order chi connectivity index (χ0) is 29.8. The van der Waals surface area contributed by atoms with E-state index in [1.54, 1.807) is 15.3 Å². The first kappa shape index (κ1) is 36.0. The minimum Gasteiger partial charge on any atom is -1.00 e. The molecule has 0 aliphatic heterocycles. The van der Waals surface area contributed by atoms with Gasteiger partial charge in [0.25, 0.3) is 0 Å². The average Bonchev–Trinajstić information content (AvgIpc) is 3.59. The van der Waals surface area contributed by atoms with Crippen LogP contribution in [0.2, 0.25) is 0 Å². The molecule has 0 unspecified atom stereocenters. The maximum atomic E-state index is 2.65. The minimum absolute atomic E-state index is 0. The monoisotopic (exact) mass is 920 g/mol. The molecule has 0 heterocycles. The number of halogens is 4. The number of allylic oxidation sites excluding steroid dienone is 4. The van der Waals surface area contributed by atoms with Gasteiger partial charge in [0.05, 0.1) is 0 Å². The van der Waals surface area contributed by atoms with Crippen LogP contribution < -0.4 is 28.1 Å². The normalized spacial score (nSPS) is 13.2. The van der Waals surface area contributed by atoms with Crippen LogP contribution in [0.1, 0.15) is 81.3 Å². The van der Waals surface area contributed by atoms with Crippen LogP contribution in [0.25, 0.3) is 11.1 Å². The Morgan fingerprint density at radius 2 is 1.25 bits per heavy atom. The van der Waals surface area contributed by atoms with Gasteiger partial charge in [0.2, 0.25) is 0 Å². The topological polar surface area (TPSA) is 0 Å². The molecule has 0 spiro atoms. The molecule has 0 amide bonds. The molecule has 6 rings (SSSR count). The third-order valence-corrected chi connectivity index (χ3v) is 18.0. The standard InChI is InChI=1S/C21H25.C13H8I2.C5H5.2ClH.Zr/c1-20(2,3)16-9-7-14-11-15-8-10-17(21(4,5)6)13-19(15)18(14)12-16;14-12-7-3-1-5-10(12)9-11-6-2-4-8-13(11)15;1-2-4-5-3-1;;;/h7,9-10,12-13H,11H2,1-6H3;1-8H;1-3H,4H2;2*1H;/q;;;;;+2/p-2. The molecule has 0 nitrogen and oxygen atoms in total. The van der Waals surface area contributed by atoms with Gasteiger partial charge >= 0.3 is 290 Å². The fraction of sp³-hybridized carbons (Fsp3) is 0.256. The molecule has 226 valence electrons. The van der Waals surface area contributed by atoms with Crippen LogP contribution in [-0.2, 0) is 38.5 Å². The fourth-order valence-corrected chi connectivity index (χ4v) is 17.0. The Kier molecular flexibility index (Phi) is 11.5. The van der Waals surface area contributed by atoms with Crippen molar-refractivity contribution in [3.05, 3.63) is 141 Å². The molecular formula is C39H38Cl2I2Zr. The summed E-state index contributed by atoms with van der Waals surface area (Å²) in [6.07, 6.45) is 9.25. The van der Waals surface area contributed by atoms with E-state index in [0.29, 0.717) is 0 Å².